The zero-order chi connectivity index (χ0) is 16.8. The SMILES string of the molecule is CC(C)CCC[C@@H](C)NC(=O)Cc1n[nH]c(=O)c2ccccc12. The summed E-state index contributed by atoms with van der Waals surface area (Å²) in [5, 5.41) is 10.8. The van der Waals surface area contributed by atoms with Gasteiger partial charge in [0.05, 0.1) is 17.5 Å². The van der Waals surface area contributed by atoms with Crippen molar-refractivity contribution in [1.29, 1.82) is 0 Å². The second-order valence-corrected chi connectivity index (χ2v) is 6.52. The number of hydrogen-bond donors (Lipinski definition) is 2. The van der Waals surface area contributed by atoms with E-state index < -0.39 is 0 Å². The van der Waals surface area contributed by atoms with Crippen molar-refractivity contribution in [3.8, 4) is 0 Å². The third kappa shape index (κ3) is 4.91. The number of hydrogen-bond acceptors (Lipinski definition) is 3. The highest BCUT2D eigenvalue weighted by molar-refractivity contribution is 5.88. The van der Waals surface area contributed by atoms with Crippen LogP contribution >= 0.6 is 0 Å². The minimum absolute atomic E-state index is 0.0632. The molecule has 2 rings (SSSR count). The van der Waals surface area contributed by atoms with Gasteiger partial charge in [0.25, 0.3) is 5.56 Å². The van der Waals surface area contributed by atoms with E-state index in [-0.39, 0.29) is 23.9 Å². The number of nitrogens with one attached hydrogen (secondary N) is 2. The van der Waals surface area contributed by atoms with Crippen LogP contribution in [0.3, 0.4) is 0 Å². The van der Waals surface area contributed by atoms with Gasteiger partial charge in [-0.25, -0.2) is 5.10 Å². The Hall–Kier alpha value is -2.17. The van der Waals surface area contributed by atoms with E-state index in [1.54, 1.807) is 12.1 Å². The Morgan fingerprint density at radius 1 is 1.17 bits per heavy atom. The predicted molar refractivity (Wildman–Crippen MR) is 92.4 cm³/mol. The van der Waals surface area contributed by atoms with Gasteiger partial charge >= 0.3 is 0 Å². The van der Waals surface area contributed by atoms with Gasteiger partial charge in [0.2, 0.25) is 5.91 Å². The molecule has 0 bridgehead atoms. The molecule has 1 aromatic heterocycles. The van der Waals surface area contributed by atoms with E-state index in [4.69, 9.17) is 0 Å². The van der Waals surface area contributed by atoms with Gasteiger partial charge in [-0.3, -0.25) is 9.59 Å². The van der Waals surface area contributed by atoms with Gasteiger partial charge in [0, 0.05) is 11.4 Å². The molecule has 5 nitrogen and oxygen atoms in total. The summed E-state index contributed by atoms with van der Waals surface area (Å²) in [5.41, 5.74) is 0.374. The first-order chi connectivity index (χ1) is 11.0. The van der Waals surface area contributed by atoms with E-state index in [0.717, 1.165) is 18.2 Å². The molecule has 0 aliphatic heterocycles. The van der Waals surface area contributed by atoms with E-state index >= 15 is 0 Å². The Kier molecular flexibility index (Phi) is 5.90. The number of H-pyrrole nitrogens is 1. The fourth-order valence-corrected chi connectivity index (χ4v) is 2.69. The van der Waals surface area contributed by atoms with Crippen LogP contribution in [0.5, 0.6) is 0 Å². The fraction of sp³-hybridized carbons (Fsp3) is 0.500. The van der Waals surface area contributed by atoms with Crippen LogP contribution in [0.2, 0.25) is 0 Å². The molecule has 5 heteroatoms. The second-order valence-electron chi connectivity index (χ2n) is 6.52. The molecule has 124 valence electrons. The van der Waals surface area contributed by atoms with E-state index in [9.17, 15) is 9.59 Å². The third-order valence-corrected chi connectivity index (χ3v) is 3.93. The predicted octanol–water partition coefficient (Wildman–Crippen LogP) is 2.80. The lowest BCUT2D eigenvalue weighted by Gasteiger charge is -2.14. The summed E-state index contributed by atoms with van der Waals surface area (Å²) in [4.78, 5) is 24.0. The molecule has 1 amide bonds. The smallest absolute Gasteiger partial charge is 0.272 e. The van der Waals surface area contributed by atoms with Gasteiger partial charge in [-0.1, -0.05) is 44.9 Å². The lowest BCUT2D eigenvalue weighted by Crippen LogP contribution is -2.34. The van der Waals surface area contributed by atoms with Crippen molar-refractivity contribution in [1.82, 2.24) is 15.5 Å². The zero-order valence-corrected chi connectivity index (χ0v) is 14.1. The van der Waals surface area contributed by atoms with Gasteiger partial charge in [0.1, 0.15) is 0 Å². The molecular weight excluding hydrogens is 290 g/mol. The van der Waals surface area contributed by atoms with Crippen molar-refractivity contribution in [2.45, 2.75) is 52.5 Å². The maximum Gasteiger partial charge on any atom is 0.272 e. The van der Waals surface area contributed by atoms with E-state index in [0.29, 0.717) is 17.0 Å². The molecule has 0 fully saturated rings. The molecular formula is C18H25N3O2. The lowest BCUT2D eigenvalue weighted by atomic mass is 10.0. The third-order valence-electron chi connectivity index (χ3n) is 3.93. The number of fused-ring (bicyclic) bond motifs is 1. The molecule has 1 aromatic carbocycles. The molecule has 0 unspecified atom stereocenters. The molecule has 23 heavy (non-hydrogen) atoms. The molecule has 0 radical (unpaired) electrons. The highest BCUT2D eigenvalue weighted by Crippen LogP contribution is 2.13. The maximum atomic E-state index is 12.2. The fourth-order valence-electron chi connectivity index (χ4n) is 2.69. The molecule has 0 aliphatic rings. The van der Waals surface area contributed by atoms with E-state index in [1.807, 2.05) is 19.1 Å². The van der Waals surface area contributed by atoms with Crippen molar-refractivity contribution in [3.05, 3.63) is 40.3 Å². The van der Waals surface area contributed by atoms with Gasteiger partial charge < -0.3 is 5.32 Å². The molecule has 1 heterocycles. The standard InChI is InChI=1S/C18H25N3O2/c1-12(2)7-6-8-13(3)19-17(22)11-16-14-9-4-5-10-15(14)18(23)21-20-16/h4-5,9-10,12-13H,6-8,11H2,1-3H3,(H,19,22)(H,21,23)/t13-/m1/s1. The number of carbonyl (C=O) groups excluding carboxylic acids is 1. The zero-order valence-electron chi connectivity index (χ0n) is 14.1. The lowest BCUT2D eigenvalue weighted by molar-refractivity contribution is -0.121. The molecule has 0 saturated carbocycles. The van der Waals surface area contributed by atoms with Crippen molar-refractivity contribution < 1.29 is 4.79 Å². The number of nitrogens with zero attached hydrogens (tertiary/aromatic N) is 1. The summed E-state index contributed by atoms with van der Waals surface area (Å²) in [6, 6.07) is 7.37. The van der Waals surface area contributed by atoms with Crippen molar-refractivity contribution in [3.63, 3.8) is 0 Å². The quantitative estimate of drug-likeness (QED) is 0.825. The first-order valence-corrected chi connectivity index (χ1v) is 8.23. The molecule has 2 aromatic rings. The Morgan fingerprint density at radius 3 is 2.57 bits per heavy atom. The summed E-state index contributed by atoms with van der Waals surface area (Å²) in [5.74, 6) is 0.626. The minimum atomic E-state index is -0.230. The van der Waals surface area contributed by atoms with E-state index in [2.05, 4.69) is 29.4 Å². The number of aromatic nitrogens is 2. The molecule has 1 atom stereocenters. The Balaban J connectivity index is 1.98. The number of benzene rings is 1. The number of rotatable bonds is 7. The first kappa shape index (κ1) is 17.2. The van der Waals surface area contributed by atoms with Crippen molar-refractivity contribution in [2.24, 2.45) is 5.92 Å². The van der Waals surface area contributed by atoms with Crippen LogP contribution in [0.25, 0.3) is 10.8 Å². The highest BCUT2D eigenvalue weighted by Gasteiger charge is 2.12. The van der Waals surface area contributed by atoms with Crippen LogP contribution < -0.4 is 10.9 Å². The summed E-state index contributed by atoms with van der Waals surface area (Å²) >= 11 is 0. The van der Waals surface area contributed by atoms with Crippen LogP contribution in [-0.2, 0) is 11.2 Å². The van der Waals surface area contributed by atoms with Crippen LogP contribution in [0.4, 0.5) is 0 Å². The largest absolute Gasteiger partial charge is 0.353 e. The Morgan fingerprint density at radius 2 is 1.87 bits per heavy atom. The minimum Gasteiger partial charge on any atom is -0.353 e. The van der Waals surface area contributed by atoms with Crippen LogP contribution in [0, 0.1) is 5.92 Å². The Bertz CT molecular complexity index is 722. The topological polar surface area (TPSA) is 74.8 Å². The number of aromatic amines is 1. The second kappa shape index (κ2) is 7.90. The normalized spacial score (nSPS) is 12.5. The van der Waals surface area contributed by atoms with Gasteiger partial charge in [0.15, 0.2) is 0 Å². The van der Waals surface area contributed by atoms with Gasteiger partial charge in [-0.15, -0.1) is 0 Å². The average Bonchev–Trinajstić information content (AvgIpc) is 2.50. The van der Waals surface area contributed by atoms with Gasteiger partial charge in [-0.2, -0.15) is 5.10 Å². The first-order valence-electron chi connectivity index (χ1n) is 8.23. The van der Waals surface area contributed by atoms with Crippen molar-refractivity contribution in [2.75, 3.05) is 0 Å². The average molecular weight is 315 g/mol. The molecule has 0 spiro atoms. The van der Waals surface area contributed by atoms with E-state index in [1.165, 1.54) is 6.42 Å². The maximum absolute atomic E-state index is 12.2. The number of carbonyl (C=O) groups is 1. The molecule has 2 N–H and O–H groups in total. The van der Waals surface area contributed by atoms with Crippen LogP contribution in [0.1, 0.15) is 45.7 Å². The highest BCUT2D eigenvalue weighted by atomic mass is 16.1. The summed E-state index contributed by atoms with van der Waals surface area (Å²) in [6.45, 7) is 6.43. The number of amides is 1. The summed E-state index contributed by atoms with van der Waals surface area (Å²) < 4.78 is 0. The summed E-state index contributed by atoms with van der Waals surface area (Å²) in [7, 11) is 0. The van der Waals surface area contributed by atoms with Crippen LogP contribution in [-0.4, -0.2) is 22.1 Å². The van der Waals surface area contributed by atoms with Crippen molar-refractivity contribution >= 4 is 16.7 Å². The Labute approximate surface area is 136 Å². The van der Waals surface area contributed by atoms with Crippen LogP contribution in [0.15, 0.2) is 29.1 Å². The molecule has 0 aliphatic carbocycles. The summed E-state index contributed by atoms with van der Waals surface area (Å²) in [6.07, 6.45) is 3.43. The van der Waals surface area contributed by atoms with Gasteiger partial charge in [-0.05, 0) is 25.3 Å². The monoisotopic (exact) mass is 315 g/mol. The molecule has 0 saturated heterocycles.